The molecule has 0 rings (SSSR count). The van der Waals surface area contributed by atoms with Gasteiger partial charge < -0.3 is 10.8 Å². The van der Waals surface area contributed by atoms with Crippen molar-refractivity contribution in [1.29, 1.82) is 0 Å². The molecule has 5 heteroatoms. The van der Waals surface area contributed by atoms with E-state index < -0.39 is 18.7 Å². The molecule has 3 N–H and O–H groups in total. The number of alkyl halides is 1. The van der Waals surface area contributed by atoms with Crippen molar-refractivity contribution in [1.82, 2.24) is 0 Å². The van der Waals surface area contributed by atoms with Gasteiger partial charge in [-0.2, -0.15) is 11.8 Å². The van der Waals surface area contributed by atoms with Gasteiger partial charge in [0.15, 0.2) is 0 Å². The van der Waals surface area contributed by atoms with E-state index in [0.29, 0.717) is 5.75 Å². The van der Waals surface area contributed by atoms with E-state index in [1.165, 1.54) is 11.8 Å². The van der Waals surface area contributed by atoms with Gasteiger partial charge >= 0.3 is 5.97 Å². The standard InChI is InChI=1S/C5H10FNO2S/c6-1-2-10-3-4(7)5(8)9/h4H,1-3,7H2,(H,8,9). The fourth-order valence-electron chi connectivity index (χ4n) is 0.336. The van der Waals surface area contributed by atoms with E-state index in [1.54, 1.807) is 0 Å². The van der Waals surface area contributed by atoms with Crippen LogP contribution in [0.5, 0.6) is 0 Å². The summed E-state index contributed by atoms with van der Waals surface area (Å²) in [6.07, 6.45) is 0. The highest BCUT2D eigenvalue weighted by molar-refractivity contribution is 7.99. The van der Waals surface area contributed by atoms with Gasteiger partial charge in [-0.15, -0.1) is 0 Å². The molecular formula is C5H10FNO2S. The maximum Gasteiger partial charge on any atom is 0.321 e. The summed E-state index contributed by atoms with van der Waals surface area (Å²) in [4.78, 5) is 10.1. The van der Waals surface area contributed by atoms with E-state index in [-0.39, 0.29) is 5.75 Å². The lowest BCUT2D eigenvalue weighted by molar-refractivity contribution is -0.137. The Hall–Kier alpha value is -0.290. The van der Waals surface area contributed by atoms with Crippen molar-refractivity contribution >= 4 is 17.7 Å². The molecular weight excluding hydrogens is 157 g/mol. The predicted molar refractivity (Wildman–Crippen MR) is 38.9 cm³/mol. The smallest absolute Gasteiger partial charge is 0.321 e. The molecule has 0 bridgehead atoms. The summed E-state index contributed by atoms with van der Waals surface area (Å²) in [6, 6.07) is -0.864. The van der Waals surface area contributed by atoms with Crippen molar-refractivity contribution in [3.63, 3.8) is 0 Å². The van der Waals surface area contributed by atoms with E-state index in [0.717, 1.165) is 0 Å². The molecule has 0 aromatic rings. The monoisotopic (exact) mass is 167 g/mol. The Labute approximate surface area is 62.8 Å². The number of halogens is 1. The summed E-state index contributed by atoms with van der Waals surface area (Å²) in [5, 5.41) is 8.25. The first kappa shape index (κ1) is 9.71. The second-order valence-electron chi connectivity index (χ2n) is 1.71. The molecule has 0 heterocycles. The molecule has 0 saturated carbocycles. The van der Waals surface area contributed by atoms with Crippen molar-refractivity contribution < 1.29 is 14.3 Å². The second-order valence-corrected chi connectivity index (χ2v) is 2.86. The maximum atomic E-state index is 11.4. The molecule has 0 saturated heterocycles. The third-order valence-corrected chi connectivity index (χ3v) is 1.87. The summed E-state index contributed by atoms with van der Waals surface area (Å²) >= 11 is 1.21. The predicted octanol–water partition coefficient (Wildman–Crippen LogP) is 0.101. The zero-order valence-electron chi connectivity index (χ0n) is 5.42. The van der Waals surface area contributed by atoms with Crippen molar-refractivity contribution in [3.8, 4) is 0 Å². The first-order valence-electron chi connectivity index (χ1n) is 2.80. The average molecular weight is 167 g/mol. The highest BCUT2D eigenvalue weighted by Crippen LogP contribution is 2.00. The minimum atomic E-state index is -1.04. The minimum absolute atomic E-state index is 0.277. The molecule has 0 aromatic carbocycles. The van der Waals surface area contributed by atoms with Crippen molar-refractivity contribution in [2.75, 3.05) is 18.2 Å². The highest BCUT2D eigenvalue weighted by atomic mass is 32.2. The van der Waals surface area contributed by atoms with E-state index in [9.17, 15) is 9.18 Å². The Bertz CT molecular complexity index is 112. The molecule has 3 nitrogen and oxygen atoms in total. The first-order valence-corrected chi connectivity index (χ1v) is 3.96. The van der Waals surface area contributed by atoms with Crippen LogP contribution in [0.3, 0.4) is 0 Å². The summed E-state index contributed by atoms with van der Waals surface area (Å²) in [5.74, 6) is -0.438. The fourth-order valence-corrected chi connectivity index (χ4v) is 1.01. The van der Waals surface area contributed by atoms with Crippen LogP contribution in [0.4, 0.5) is 4.39 Å². The third kappa shape index (κ3) is 4.58. The Balaban J connectivity index is 3.21. The van der Waals surface area contributed by atoms with Crippen LogP contribution in [0.2, 0.25) is 0 Å². The molecule has 1 atom stereocenters. The van der Waals surface area contributed by atoms with E-state index in [2.05, 4.69) is 0 Å². The van der Waals surface area contributed by atoms with Gasteiger partial charge in [0.2, 0.25) is 0 Å². The van der Waals surface area contributed by atoms with Gasteiger partial charge in [0.1, 0.15) is 6.04 Å². The van der Waals surface area contributed by atoms with Crippen LogP contribution in [0, 0.1) is 0 Å². The molecule has 0 radical (unpaired) electrons. The molecule has 0 aromatic heterocycles. The molecule has 0 fully saturated rings. The lowest BCUT2D eigenvalue weighted by Gasteiger charge is -2.02. The van der Waals surface area contributed by atoms with Gasteiger partial charge in [-0.3, -0.25) is 9.18 Å². The normalized spacial score (nSPS) is 13.0. The van der Waals surface area contributed by atoms with Crippen molar-refractivity contribution in [3.05, 3.63) is 0 Å². The van der Waals surface area contributed by atoms with Crippen LogP contribution in [-0.2, 0) is 4.79 Å². The molecule has 0 spiro atoms. The SMILES string of the molecule is NC(CSCCF)C(=O)O. The number of nitrogens with two attached hydrogens (primary N) is 1. The summed E-state index contributed by atoms with van der Waals surface area (Å²) < 4.78 is 11.4. The van der Waals surface area contributed by atoms with Gasteiger partial charge in [0.25, 0.3) is 0 Å². The van der Waals surface area contributed by atoms with Crippen LogP contribution in [0.15, 0.2) is 0 Å². The van der Waals surface area contributed by atoms with Crippen LogP contribution in [0.1, 0.15) is 0 Å². The van der Waals surface area contributed by atoms with Crippen LogP contribution in [-0.4, -0.2) is 35.3 Å². The number of aliphatic carboxylic acids is 1. The molecule has 0 aliphatic carbocycles. The van der Waals surface area contributed by atoms with E-state index >= 15 is 0 Å². The first-order chi connectivity index (χ1) is 4.68. The molecule has 10 heavy (non-hydrogen) atoms. The number of hydrogen-bond donors (Lipinski definition) is 2. The van der Waals surface area contributed by atoms with Gasteiger partial charge in [-0.25, -0.2) is 0 Å². The van der Waals surface area contributed by atoms with E-state index in [4.69, 9.17) is 10.8 Å². The Morgan fingerprint density at radius 1 is 1.80 bits per heavy atom. The highest BCUT2D eigenvalue weighted by Gasteiger charge is 2.09. The van der Waals surface area contributed by atoms with Crippen LogP contribution in [0.25, 0.3) is 0 Å². The fraction of sp³-hybridized carbons (Fsp3) is 0.800. The van der Waals surface area contributed by atoms with Gasteiger partial charge in [-0.1, -0.05) is 0 Å². The van der Waals surface area contributed by atoms with E-state index in [1.807, 2.05) is 0 Å². The topological polar surface area (TPSA) is 63.3 Å². The summed E-state index contributed by atoms with van der Waals surface area (Å²) in [7, 11) is 0. The largest absolute Gasteiger partial charge is 0.480 e. The number of carboxylic acids is 1. The van der Waals surface area contributed by atoms with Gasteiger partial charge in [-0.05, 0) is 0 Å². The van der Waals surface area contributed by atoms with Crippen molar-refractivity contribution in [2.24, 2.45) is 5.73 Å². The number of thioether (sulfide) groups is 1. The summed E-state index contributed by atoms with van der Waals surface area (Å²) in [5.41, 5.74) is 5.11. The average Bonchev–Trinajstić information content (AvgIpc) is 1.88. The molecule has 0 amide bonds. The molecule has 1 unspecified atom stereocenters. The Morgan fingerprint density at radius 2 is 2.40 bits per heavy atom. The lowest BCUT2D eigenvalue weighted by atomic mass is 10.4. The number of hydrogen-bond acceptors (Lipinski definition) is 3. The molecule has 0 aliphatic rings. The maximum absolute atomic E-state index is 11.4. The second kappa shape index (κ2) is 5.49. The zero-order chi connectivity index (χ0) is 7.98. The molecule has 60 valence electrons. The van der Waals surface area contributed by atoms with Crippen molar-refractivity contribution in [2.45, 2.75) is 6.04 Å². The zero-order valence-corrected chi connectivity index (χ0v) is 6.23. The lowest BCUT2D eigenvalue weighted by Crippen LogP contribution is -2.32. The Morgan fingerprint density at radius 3 is 2.80 bits per heavy atom. The van der Waals surface area contributed by atoms with Gasteiger partial charge in [0, 0.05) is 11.5 Å². The number of rotatable bonds is 5. The summed E-state index contributed by atoms with van der Waals surface area (Å²) in [6.45, 7) is -0.434. The van der Waals surface area contributed by atoms with Crippen LogP contribution < -0.4 is 5.73 Å². The molecule has 0 aliphatic heterocycles. The van der Waals surface area contributed by atoms with Crippen LogP contribution >= 0.6 is 11.8 Å². The number of carbonyl (C=O) groups is 1. The Kier molecular flexibility index (Phi) is 5.33. The quantitative estimate of drug-likeness (QED) is 0.570. The minimum Gasteiger partial charge on any atom is -0.480 e. The third-order valence-electron chi connectivity index (χ3n) is 0.836. The van der Waals surface area contributed by atoms with Gasteiger partial charge in [0.05, 0.1) is 6.67 Å². The number of carboxylic acid groups (broad SMARTS) is 1.